The molecule has 6 heteroatoms. The van der Waals surface area contributed by atoms with Crippen molar-refractivity contribution in [2.75, 3.05) is 5.73 Å². The second-order valence-electron chi connectivity index (χ2n) is 7.01. The predicted molar refractivity (Wildman–Crippen MR) is 117 cm³/mol. The van der Waals surface area contributed by atoms with E-state index in [1.807, 2.05) is 49.4 Å². The lowest BCUT2D eigenvalue weighted by atomic mass is 10.0. The number of nitrogens with zero attached hydrogens (tertiary/aromatic N) is 4. The molecule has 2 N–H and O–H groups in total. The van der Waals surface area contributed by atoms with Crippen LogP contribution < -0.4 is 11.3 Å². The summed E-state index contributed by atoms with van der Waals surface area (Å²) in [7, 11) is 0. The van der Waals surface area contributed by atoms with Crippen LogP contribution >= 0.6 is 0 Å². The molecule has 146 valence electrons. The Hall–Kier alpha value is -4.24. The second kappa shape index (κ2) is 8.02. The lowest BCUT2D eigenvalue weighted by molar-refractivity contribution is 0.760. The molecule has 0 saturated carbocycles. The summed E-state index contributed by atoms with van der Waals surface area (Å²) in [6.45, 7) is 2.44. The molecule has 6 nitrogen and oxygen atoms in total. The Morgan fingerprint density at radius 1 is 1.00 bits per heavy atom. The lowest BCUT2D eigenvalue weighted by Crippen LogP contribution is -2.19. The number of nitrogens with two attached hydrogens (primary N) is 1. The maximum absolute atomic E-state index is 12.6. The first-order valence-electron chi connectivity index (χ1n) is 9.44. The van der Waals surface area contributed by atoms with E-state index >= 15 is 0 Å². The largest absolute Gasteiger partial charge is 0.368 e. The van der Waals surface area contributed by atoms with Crippen molar-refractivity contribution in [1.29, 1.82) is 5.26 Å². The third kappa shape index (κ3) is 3.96. The van der Waals surface area contributed by atoms with Gasteiger partial charge in [-0.25, -0.2) is 9.97 Å². The molecule has 30 heavy (non-hydrogen) atoms. The third-order valence-electron chi connectivity index (χ3n) is 4.87. The number of hydrogen-bond donors (Lipinski definition) is 1. The van der Waals surface area contributed by atoms with Crippen LogP contribution in [0.25, 0.3) is 22.5 Å². The highest BCUT2D eigenvalue weighted by Crippen LogP contribution is 2.27. The number of aromatic nitrogens is 3. The van der Waals surface area contributed by atoms with Crippen LogP contribution in [-0.4, -0.2) is 14.5 Å². The molecule has 0 amide bonds. The van der Waals surface area contributed by atoms with Crippen molar-refractivity contribution in [3.63, 3.8) is 0 Å². The Morgan fingerprint density at radius 3 is 2.50 bits per heavy atom. The molecule has 0 aliphatic rings. The number of nitriles is 1. The highest BCUT2D eigenvalue weighted by atomic mass is 16.1. The van der Waals surface area contributed by atoms with E-state index < -0.39 is 0 Å². The van der Waals surface area contributed by atoms with Crippen LogP contribution in [0.1, 0.15) is 16.7 Å². The summed E-state index contributed by atoms with van der Waals surface area (Å²) in [6.07, 6.45) is 1.75. The minimum absolute atomic E-state index is 0.109. The van der Waals surface area contributed by atoms with Gasteiger partial charge in [0.2, 0.25) is 5.95 Å². The van der Waals surface area contributed by atoms with Gasteiger partial charge in [0, 0.05) is 23.4 Å². The maximum Gasteiger partial charge on any atom is 0.251 e. The van der Waals surface area contributed by atoms with Crippen LogP contribution in [0.4, 0.5) is 5.95 Å². The van der Waals surface area contributed by atoms with Crippen molar-refractivity contribution < 1.29 is 0 Å². The third-order valence-corrected chi connectivity index (χ3v) is 4.87. The first-order chi connectivity index (χ1) is 14.5. The molecule has 0 atom stereocenters. The van der Waals surface area contributed by atoms with Crippen LogP contribution in [0.2, 0.25) is 0 Å². The fraction of sp³-hybridized carbons (Fsp3) is 0.0833. The van der Waals surface area contributed by atoms with Gasteiger partial charge in [0.05, 0.1) is 29.6 Å². The minimum atomic E-state index is -0.127. The highest BCUT2D eigenvalue weighted by molar-refractivity contribution is 5.71. The van der Waals surface area contributed by atoms with Gasteiger partial charge in [0.15, 0.2) is 0 Å². The summed E-state index contributed by atoms with van der Waals surface area (Å²) in [5, 5.41) is 9.20. The van der Waals surface area contributed by atoms with Crippen LogP contribution in [0.5, 0.6) is 0 Å². The molecule has 4 rings (SSSR count). The summed E-state index contributed by atoms with van der Waals surface area (Å²) < 4.78 is 1.64. The SMILES string of the molecule is Cc1ccc(C#N)cc1-c1cc(-c2ccn(Cc3ccccc3)c(=O)c2)nc(N)n1. The number of aryl methyl sites for hydroxylation is 1. The number of benzene rings is 2. The van der Waals surface area contributed by atoms with E-state index in [1.54, 1.807) is 35.0 Å². The number of nitrogen functional groups attached to an aromatic ring is 1. The first-order valence-corrected chi connectivity index (χ1v) is 9.44. The number of hydrogen-bond acceptors (Lipinski definition) is 5. The van der Waals surface area contributed by atoms with E-state index in [0.29, 0.717) is 29.1 Å². The summed E-state index contributed by atoms with van der Waals surface area (Å²) in [5.41, 5.74) is 11.0. The van der Waals surface area contributed by atoms with Gasteiger partial charge >= 0.3 is 0 Å². The number of rotatable bonds is 4. The van der Waals surface area contributed by atoms with Gasteiger partial charge in [-0.1, -0.05) is 36.4 Å². The van der Waals surface area contributed by atoms with E-state index in [9.17, 15) is 10.1 Å². The molecule has 0 bridgehead atoms. The predicted octanol–water partition coefficient (Wildman–Crippen LogP) is 3.78. The van der Waals surface area contributed by atoms with Gasteiger partial charge in [0.25, 0.3) is 5.56 Å². The normalized spacial score (nSPS) is 10.5. The molecular weight excluding hydrogens is 374 g/mol. The average molecular weight is 393 g/mol. The maximum atomic E-state index is 12.6. The molecule has 4 aromatic rings. The van der Waals surface area contributed by atoms with Gasteiger partial charge in [-0.15, -0.1) is 0 Å². The quantitative estimate of drug-likeness (QED) is 0.569. The molecule has 0 unspecified atom stereocenters. The zero-order valence-corrected chi connectivity index (χ0v) is 16.4. The van der Waals surface area contributed by atoms with Crippen molar-refractivity contribution in [2.24, 2.45) is 0 Å². The Kier molecular flexibility index (Phi) is 5.10. The summed E-state index contributed by atoms with van der Waals surface area (Å²) in [4.78, 5) is 21.3. The molecule has 0 aliphatic heterocycles. The molecular formula is C24H19N5O. The van der Waals surface area contributed by atoms with Crippen molar-refractivity contribution in [3.05, 3.63) is 100.0 Å². The lowest BCUT2D eigenvalue weighted by Gasteiger charge is -2.10. The average Bonchev–Trinajstić information content (AvgIpc) is 2.76. The van der Waals surface area contributed by atoms with Gasteiger partial charge in [-0.2, -0.15) is 5.26 Å². The number of anilines is 1. The summed E-state index contributed by atoms with van der Waals surface area (Å²) in [6, 6.07) is 22.5. The van der Waals surface area contributed by atoms with Gasteiger partial charge in [-0.3, -0.25) is 4.79 Å². The Labute approximate surface area is 173 Å². The van der Waals surface area contributed by atoms with Crippen molar-refractivity contribution in [2.45, 2.75) is 13.5 Å². The van der Waals surface area contributed by atoms with Crippen LogP contribution in [0, 0.1) is 18.3 Å². The van der Waals surface area contributed by atoms with Crippen molar-refractivity contribution in [3.8, 4) is 28.6 Å². The highest BCUT2D eigenvalue weighted by Gasteiger charge is 2.11. The van der Waals surface area contributed by atoms with E-state index in [2.05, 4.69) is 16.0 Å². The Morgan fingerprint density at radius 2 is 1.77 bits per heavy atom. The van der Waals surface area contributed by atoms with E-state index in [4.69, 9.17) is 5.73 Å². The fourth-order valence-electron chi connectivity index (χ4n) is 3.30. The Balaban J connectivity index is 1.72. The summed E-state index contributed by atoms with van der Waals surface area (Å²) in [5.74, 6) is 0.109. The van der Waals surface area contributed by atoms with Gasteiger partial charge in [-0.05, 0) is 42.3 Å². The fourth-order valence-corrected chi connectivity index (χ4v) is 3.30. The topological polar surface area (TPSA) is 97.6 Å². The molecule has 0 radical (unpaired) electrons. The molecule has 0 spiro atoms. The zero-order valence-electron chi connectivity index (χ0n) is 16.4. The molecule has 0 fully saturated rings. The monoisotopic (exact) mass is 393 g/mol. The smallest absolute Gasteiger partial charge is 0.251 e. The Bertz CT molecular complexity index is 1320. The molecule has 2 heterocycles. The van der Waals surface area contributed by atoms with E-state index in [-0.39, 0.29) is 11.5 Å². The zero-order chi connectivity index (χ0) is 21.1. The van der Waals surface area contributed by atoms with E-state index in [1.165, 1.54) is 0 Å². The standard InChI is InChI=1S/C24H19N5O/c1-16-7-8-18(14-25)11-20(16)22-13-21(27-24(26)28-22)19-9-10-29(23(30)12-19)15-17-5-3-2-4-6-17/h2-13H,15H2,1H3,(H2,26,27,28). The van der Waals surface area contributed by atoms with Gasteiger partial charge in [0.1, 0.15) is 0 Å². The second-order valence-corrected chi connectivity index (χ2v) is 7.01. The van der Waals surface area contributed by atoms with Crippen molar-refractivity contribution >= 4 is 5.95 Å². The first kappa shape index (κ1) is 19.1. The number of pyridine rings is 1. The van der Waals surface area contributed by atoms with Crippen LogP contribution in [0.15, 0.2) is 77.7 Å². The molecule has 2 aromatic carbocycles. The van der Waals surface area contributed by atoms with Gasteiger partial charge < -0.3 is 10.3 Å². The van der Waals surface area contributed by atoms with E-state index in [0.717, 1.165) is 16.7 Å². The molecule has 0 aliphatic carbocycles. The summed E-state index contributed by atoms with van der Waals surface area (Å²) >= 11 is 0. The van der Waals surface area contributed by atoms with Crippen LogP contribution in [0.3, 0.4) is 0 Å². The van der Waals surface area contributed by atoms with Crippen molar-refractivity contribution in [1.82, 2.24) is 14.5 Å². The molecule has 2 aromatic heterocycles. The molecule has 0 saturated heterocycles. The van der Waals surface area contributed by atoms with Crippen LogP contribution in [-0.2, 0) is 6.54 Å². The minimum Gasteiger partial charge on any atom is -0.368 e.